The lowest BCUT2D eigenvalue weighted by atomic mass is 10.3. The molecular formula is C13H19N3O2. The first-order valence-corrected chi connectivity index (χ1v) is 6.07. The van der Waals surface area contributed by atoms with Crippen molar-refractivity contribution >= 4 is 11.0 Å². The van der Waals surface area contributed by atoms with Crippen LogP contribution in [-0.2, 0) is 17.7 Å². The number of imidazole rings is 1. The van der Waals surface area contributed by atoms with Gasteiger partial charge in [-0.25, -0.2) is 4.98 Å². The van der Waals surface area contributed by atoms with Gasteiger partial charge in [0.25, 0.3) is 0 Å². The first-order chi connectivity index (χ1) is 8.76. The van der Waals surface area contributed by atoms with Gasteiger partial charge in [-0.05, 0) is 18.7 Å². The van der Waals surface area contributed by atoms with Crippen LogP contribution in [-0.4, -0.2) is 41.0 Å². The summed E-state index contributed by atoms with van der Waals surface area (Å²) in [6.07, 6.45) is 0.165. The van der Waals surface area contributed by atoms with Crippen molar-refractivity contribution in [2.45, 2.75) is 19.1 Å². The number of ether oxygens (including phenoxy) is 1. The molecule has 98 valence electrons. The van der Waals surface area contributed by atoms with E-state index >= 15 is 0 Å². The number of hydrogen-bond acceptors (Lipinski definition) is 4. The first kappa shape index (κ1) is 13.0. The number of rotatable bonds is 6. The summed E-state index contributed by atoms with van der Waals surface area (Å²) in [6, 6.07) is 7.89. The number of benzene rings is 1. The third-order valence-corrected chi connectivity index (χ3v) is 2.85. The molecule has 1 aromatic carbocycles. The van der Waals surface area contributed by atoms with Gasteiger partial charge in [-0.2, -0.15) is 0 Å². The van der Waals surface area contributed by atoms with Crippen molar-refractivity contribution in [3.05, 3.63) is 30.1 Å². The average molecular weight is 249 g/mol. The fourth-order valence-electron chi connectivity index (χ4n) is 2.10. The number of para-hydroxylation sites is 2. The Morgan fingerprint density at radius 1 is 1.44 bits per heavy atom. The van der Waals surface area contributed by atoms with Crippen molar-refractivity contribution in [2.75, 3.05) is 20.3 Å². The van der Waals surface area contributed by atoms with Gasteiger partial charge in [0.15, 0.2) is 0 Å². The Balaban J connectivity index is 2.35. The molecule has 0 aliphatic rings. The molecule has 0 saturated heterocycles. The van der Waals surface area contributed by atoms with E-state index in [0.717, 1.165) is 16.9 Å². The standard InChI is InChI=1S/C13H19N3O2/c1-18-9-10(17)8-16-12-5-3-2-4-11(12)15-13(16)6-7-14/h2-5,10,17H,6-9,14H2,1H3. The van der Waals surface area contributed by atoms with E-state index in [1.54, 1.807) is 7.11 Å². The van der Waals surface area contributed by atoms with E-state index in [1.165, 1.54) is 0 Å². The van der Waals surface area contributed by atoms with E-state index in [0.29, 0.717) is 26.1 Å². The van der Waals surface area contributed by atoms with Crippen LogP contribution in [0, 0.1) is 0 Å². The van der Waals surface area contributed by atoms with Gasteiger partial charge in [0, 0.05) is 13.5 Å². The molecule has 3 N–H and O–H groups in total. The summed E-state index contributed by atoms with van der Waals surface area (Å²) in [5, 5.41) is 9.87. The van der Waals surface area contributed by atoms with Gasteiger partial charge in [-0.1, -0.05) is 12.1 Å². The minimum Gasteiger partial charge on any atom is -0.389 e. The maximum Gasteiger partial charge on any atom is 0.111 e. The van der Waals surface area contributed by atoms with E-state index in [1.807, 2.05) is 28.8 Å². The number of aliphatic hydroxyl groups is 1. The molecule has 0 amide bonds. The number of hydrogen-bond donors (Lipinski definition) is 2. The van der Waals surface area contributed by atoms with Gasteiger partial charge >= 0.3 is 0 Å². The van der Waals surface area contributed by atoms with Crippen LogP contribution in [0.15, 0.2) is 24.3 Å². The highest BCUT2D eigenvalue weighted by Gasteiger charge is 2.13. The fourth-order valence-corrected chi connectivity index (χ4v) is 2.10. The fraction of sp³-hybridized carbons (Fsp3) is 0.462. The summed E-state index contributed by atoms with van der Waals surface area (Å²) < 4.78 is 6.98. The second-order valence-corrected chi connectivity index (χ2v) is 4.28. The van der Waals surface area contributed by atoms with Crippen LogP contribution in [0.1, 0.15) is 5.82 Å². The molecule has 0 bridgehead atoms. The van der Waals surface area contributed by atoms with Crippen molar-refractivity contribution in [1.29, 1.82) is 0 Å². The molecule has 0 aliphatic carbocycles. The topological polar surface area (TPSA) is 73.3 Å². The van der Waals surface area contributed by atoms with Crippen LogP contribution in [0.2, 0.25) is 0 Å². The molecule has 0 saturated carbocycles. The van der Waals surface area contributed by atoms with Gasteiger partial charge in [-0.3, -0.25) is 0 Å². The molecule has 0 aliphatic heterocycles. The zero-order chi connectivity index (χ0) is 13.0. The van der Waals surface area contributed by atoms with Crippen molar-refractivity contribution in [3.63, 3.8) is 0 Å². The Morgan fingerprint density at radius 2 is 2.22 bits per heavy atom. The Bertz CT molecular complexity index is 510. The lowest BCUT2D eigenvalue weighted by Gasteiger charge is -2.13. The molecule has 1 atom stereocenters. The Morgan fingerprint density at radius 3 is 2.94 bits per heavy atom. The summed E-state index contributed by atoms with van der Waals surface area (Å²) in [5.74, 6) is 0.911. The highest BCUT2D eigenvalue weighted by Crippen LogP contribution is 2.16. The molecule has 0 fully saturated rings. The smallest absolute Gasteiger partial charge is 0.111 e. The third kappa shape index (κ3) is 2.69. The predicted octanol–water partition coefficient (Wildman–Crippen LogP) is 0.545. The second-order valence-electron chi connectivity index (χ2n) is 4.28. The van der Waals surface area contributed by atoms with Gasteiger partial charge in [0.2, 0.25) is 0 Å². The molecule has 1 unspecified atom stereocenters. The predicted molar refractivity (Wildman–Crippen MR) is 70.4 cm³/mol. The molecule has 0 spiro atoms. The van der Waals surface area contributed by atoms with Gasteiger partial charge in [0.1, 0.15) is 5.82 Å². The van der Waals surface area contributed by atoms with Crippen molar-refractivity contribution in [3.8, 4) is 0 Å². The molecular weight excluding hydrogens is 230 g/mol. The van der Waals surface area contributed by atoms with E-state index in [-0.39, 0.29) is 0 Å². The molecule has 18 heavy (non-hydrogen) atoms. The van der Waals surface area contributed by atoms with E-state index in [9.17, 15) is 5.11 Å². The summed E-state index contributed by atoms with van der Waals surface area (Å²) >= 11 is 0. The Labute approximate surface area is 106 Å². The molecule has 1 heterocycles. The molecule has 5 heteroatoms. The van der Waals surface area contributed by atoms with Gasteiger partial charge in [0.05, 0.1) is 30.3 Å². The van der Waals surface area contributed by atoms with Crippen LogP contribution in [0.4, 0.5) is 0 Å². The number of aliphatic hydroxyl groups excluding tert-OH is 1. The lowest BCUT2D eigenvalue weighted by molar-refractivity contribution is 0.0539. The number of fused-ring (bicyclic) bond motifs is 1. The lowest BCUT2D eigenvalue weighted by Crippen LogP contribution is -2.23. The van der Waals surface area contributed by atoms with Gasteiger partial charge < -0.3 is 20.1 Å². The highest BCUT2D eigenvalue weighted by molar-refractivity contribution is 5.75. The Kier molecular flexibility index (Phi) is 4.30. The number of nitrogens with two attached hydrogens (primary N) is 1. The van der Waals surface area contributed by atoms with Gasteiger partial charge in [-0.15, -0.1) is 0 Å². The summed E-state index contributed by atoms with van der Waals surface area (Å²) in [4.78, 5) is 4.55. The van der Waals surface area contributed by atoms with Crippen LogP contribution < -0.4 is 5.73 Å². The SMILES string of the molecule is COCC(O)Cn1c(CCN)nc2ccccc21. The van der Waals surface area contributed by atoms with Crippen LogP contribution in [0.25, 0.3) is 11.0 Å². The second kappa shape index (κ2) is 5.95. The summed E-state index contributed by atoms with van der Waals surface area (Å²) in [5.41, 5.74) is 7.56. The quantitative estimate of drug-likeness (QED) is 0.784. The maximum atomic E-state index is 9.87. The van der Waals surface area contributed by atoms with Crippen molar-refractivity contribution in [1.82, 2.24) is 9.55 Å². The molecule has 5 nitrogen and oxygen atoms in total. The van der Waals surface area contributed by atoms with Crippen LogP contribution in [0.3, 0.4) is 0 Å². The third-order valence-electron chi connectivity index (χ3n) is 2.85. The molecule has 1 aromatic heterocycles. The normalized spacial score (nSPS) is 13.1. The Hall–Kier alpha value is -1.43. The minimum atomic E-state index is -0.538. The van der Waals surface area contributed by atoms with Crippen LogP contribution >= 0.6 is 0 Å². The van der Waals surface area contributed by atoms with E-state index in [2.05, 4.69) is 4.98 Å². The maximum absolute atomic E-state index is 9.87. The van der Waals surface area contributed by atoms with E-state index in [4.69, 9.17) is 10.5 Å². The van der Waals surface area contributed by atoms with Crippen molar-refractivity contribution < 1.29 is 9.84 Å². The monoisotopic (exact) mass is 249 g/mol. The number of aromatic nitrogens is 2. The minimum absolute atomic E-state index is 0.314. The molecule has 2 aromatic rings. The number of methoxy groups -OCH3 is 1. The largest absolute Gasteiger partial charge is 0.389 e. The van der Waals surface area contributed by atoms with Crippen LogP contribution in [0.5, 0.6) is 0 Å². The zero-order valence-electron chi connectivity index (χ0n) is 10.5. The molecule has 0 radical (unpaired) electrons. The number of nitrogens with zero attached hydrogens (tertiary/aromatic N) is 2. The van der Waals surface area contributed by atoms with Crippen molar-refractivity contribution in [2.24, 2.45) is 5.73 Å². The van der Waals surface area contributed by atoms with E-state index < -0.39 is 6.10 Å². The summed E-state index contributed by atoms with van der Waals surface area (Å²) in [6.45, 7) is 1.34. The zero-order valence-corrected chi connectivity index (χ0v) is 10.5. The first-order valence-electron chi connectivity index (χ1n) is 6.07. The molecule has 2 rings (SSSR count). The average Bonchev–Trinajstić information content (AvgIpc) is 2.69. The summed E-state index contributed by atoms with van der Waals surface area (Å²) in [7, 11) is 1.58. The highest BCUT2D eigenvalue weighted by atomic mass is 16.5.